The van der Waals surface area contributed by atoms with Crippen molar-refractivity contribution in [2.45, 2.75) is 24.0 Å². The maximum atomic E-state index is 10.9. The normalized spacial score (nSPS) is 18.8. The summed E-state index contributed by atoms with van der Waals surface area (Å²) < 4.78 is 21.5. The molecule has 2 rings (SSSR count). The Morgan fingerprint density at radius 1 is 1.15 bits per heavy atom. The highest BCUT2D eigenvalue weighted by molar-refractivity contribution is 7.74. The molecule has 0 N–H and O–H groups in total. The van der Waals surface area contributed by atoms with Gasteiger partial charge in [0.1, 0.15) is 10.7 Å². The van der Waals surface area contributed by atoms with E-state index in [-0.39, 0.29) is 0 Å². The third-order valence-electron chi connectivity index (χ3n) is 2.59. The molecule has 0 aromatic heterocycles. The van der Waals surface area contributed by atoms with Gasteiger partial charge in [-0.2, -0.15) is 0 Å². The van der Waals surface area contributed by atoms with Crippen LogP contribution in [0.4, 0.5) is 0 Å². The van der Waals surface area contributed by atoms with Crippen LogP contribution in [-0.2, 0) is 17.1 Å². The first kappa shape index (κ1) is 8.75. The van der Waals surface area contributed by atoms with E-state index in [1.54, 1.807) is 0 Å². The van der Waals surface area contributed by atoms with Gasteiger partial charge in [0.15, 0.2) is 0 Å². The van der Waals surface area contributed by atoms with Gasteiger partial charge in [-0.3, -0.25) is 0 Å². The molecule has 0 radical (unpaired) electrons. The fraction of sp³-hybridized carbons (Fsp3) is 0.400. The Bertz CT molecular complexity index is 356. The van der Waals surface area contributed by atoms with Crippen LogP contribution in [0.2, 0.25) is 0 Å². The van der Waals surface area contributed by atoms with Crippen molar-refractivity contribution in [3.8, 4) is 0 Å². The fourth-order valence-corrected chi connectivity index (χ4v) is 2.33. The van der Waals surface area contributed by atoms with Crippen LogP contribution in [-0.4, -0.2) is 13.2 Å². The number of rotatable bonds is 3. The predicted molar refractivity (Wildman–Crippen MR) is 52.4 cm³/mol. The van der Waals surface area contributed by atoms with Gasteiger partial charge in [-0.05, 0) is 24.8 Å². The second-order valence-electron chi connectivity index (χ2n) is 3.64. The van der Waals surface area contributed by atoms with E-state index in [0.29, 0.717) is 6.42 Å². The summed E-state index contributed by atoms with van der Waals surface area (Å²) >= 11 is 0. The van der Waals surface area contributed by atoms with Crippen molar-refractivity contribution in [1.29, 1.82) is 0 Å². The van der Waals surface area contributed by atoms with Crippen molar-refractivity contribution in [3.05, 3.63) is 35.9 Å². The first-order valence-corrected chi connectivity index (χ1v) is 5.59. The molecular formula is C10H12O2S. The summed E-state index contributed by atoms with van der Waals surface area (Å²) in [6.07, 6.45) is 2.35. The first-order chi connectivity index (χ1) is 6.23. The van der Waals surface area contributed by atoms with Crippen LogP contribution in [0.15, 0.2) is 30.3 Å². The van der Waals surface area contributed by atoms with Gasteiger partial charge in [-0.25, -0.2) is 8.42 Å². The van der Waals surface area contributed by atoms with Gasteiger partial charge >= 0.3 is 0 Å². The molecule has 1 fully saturated rings. The van der Waals surface area contributed by atoms with Crippen LogP contribution >= 0.6 is 0 Å². The minimum atomic E-state index is -2.26. The summed E-state index contributed by atoms with van der Waals surface area (Å²) in [6.45, 7) is 0. The molecule has 70 valence electrons. The molecule has 1 aromatic rings. The summed E-state index contributed by atoms with van der Waals surface area (Å²) in [6, 6.07) is 9.81. The third-order valence-corrected chi connectivity index (χ3v) is 3.97. The van der Waals surface area contributed by atoms with Crippen molar-refractivity contribution >= 4 is 10.7 Å². The molecule has 0 aliphatic heterocycles. The molecule has 0 amide bonds. The summed E-state index contributed by atoms with van der Waals surface area (Å²) in [5.41, 5.74) is 1.12. The molecule has 2 nitrogen and oxygen atoms in total. The highest BCUT2D eigenvalue weighted by Crippen LogP contribution is 2.42. The zero-order chi connectivity index (χ0) is 9.31. The van der Waals surface area contributed by atoms with Crippen LogP contribution < -0.4 is 0 Å². The van der Waals surface area contributed by atoms with E-state index in [4.69, 9.17) is 0 Å². The fourth-order valence-electron chi connectivity index (χ4n) is 1.54. The van der Waals surface area contributed by atoms with Crippen LogP contribution in [0, 0.1) is 0 Å². The van der Waals surface area contributed by atoms with E-state index in [0.717, 1.165) is 18.4 Å². The predicted octanol–water partition coefficient (Wildman–Crippen LogP) is 1.37. The standard InChI is InChI=1S/C10H12O2S/c11-13(12)10(6-7-10)8-9-4-2-1-3-5-9/h1-5,13H,6-8H2. The molecule has 3 heteroatoms. The Morgan fingerprint density at radius 3 is 2.23 bits per heavy atom. The van der Waals surface area contributed by atoms with E-state index < -0.39 is 15.5 Å². The zero-order valence-corrected chi connectivity index (χ0v) is 8.17. The summed E-state index contributed by atoms with van der Waals surface area (Å²) in [4.78, 5) is 0. The largest absolute Gasteiger partial charge is 0.231 e. The minimum absolute atomic E-state index is 0.392. The number of hydrogen-bond donors (Lipinski definition) is 1. The van der Waals surface area contributed by atoms with Gasteiger partial charge in [0.05, 0.1) is 4.75 Å². The van der Waals surface area contributed by atoms with Crippen LogP contribution in [0.25, 0.3) is 0 Å². The van der Waals surface area contributed by atoms with Gasteiger partial charge in [-0.15, -0.1) is 0 Å². The van der Waals surface area contributed by atoms with Crippen LogP contribution in [0.5, 0.6) is 0 Å². The average Bonchev–Trinajstić information content (AvgIpc) is 2.87. The van der Waals surface area contributed by atoms with E-state index >= 15 is 0 Å². The van der Waals surface area contributed by atoms with E-state index in [9.17, 15) is 8.42 Å². The van der Waals surface area contributed by atoms with Crippen molar-refractivity contribution in [3.63, 3.8) is 0 Å². The molecule has 1 aromatic carbocycles. The molecule has 0 heterocycles. The number of benzene rings is 1. The molecule has 1 saturated carbocycles. The Balaban J connectivity index is 2.15. The molecule has 0 saturated heterocycles. The lowest BCUT2D eigenvalue weighted by Gasteiger charge is -2.06. The SMILES string of the molecule is O=[SH](=O)C1(Cc2ccccc2)CC1. The van der Waals surface area contributed by atoms with E-state index in [1.165, 1.54) is 0 Å². The lowest BCUT2D eigenvalue weighted by molar-refractivity contribution is 0.596. The minimum Gasteiger partial charge on any atom is -0.231 e. The topological polar surface area (TPSA) is 34.1 Å². The quantitative estimate of drug-likeness (QED) is 0.741. The van der Waals surface area contributed by atoms with Crippen molar-refractivity contribution in [2.24, 2.45) is 0 Å². The van der Waals surface area contributed by atoms with Crippen molar-refractivity contribution in [2.75, 3.05) is 0 Å². The second-order valence-corrected chi connectivity index (χ2v) is 5.11. The molecule has 1 aliphatic rings. The van der Waals surface area contributed by atoms with Gasteiger partial charge in [0, 0.05) is 0 Å². The second kappa shape index (κ2) is 3.14. The molecule has 1 aliphatic carbocycles. The Morgan fingerprint density at radius 2 is 1.77 bits per heavy atom. The molecule has 0 spiro atoms. The Kier molecular flexibility index (Phi) is 2.12. The highest BCUT2D eigenvalue weighted by atomic mass is 32.2. The smallest absolute Gasteiger partial charge is 0.146 e. The van der Waals surface area contributed by atoms with Crippen molar-refractivity contribution < 1.29 is 8.42 Å². The van der Waals surface area contributed by atoms with Gasteiger partial charge < -0.3 is 0 Å². The lowest BCUT2D eigenvalue weighted by atomic mass is 10.1. The Hall–Kier alpha value is -0.830. The number of hydrogen-bond acceptors (Lipinski definition) is 2. The van der Waals surface area contributed by atoms with Crippen LogP contribution in [0.1, 0.15) is 18.4 Å². The summed E-state index contributed by atoms with van der Waals surface area (Å²) in [5, 5.41) is 0. The average molecular weight is 196 g/mol. The molecule has 13 heavy (non-hydrogen) atoms. The first-order valence-electron chi connectivity index (χ1n) is 4.41. The molecule has 0 bridgehead atoms. The Labute approximate surface area is 79.5 Å². The van der Waals surface area contributed by atoms with Crippen LogP contribution in [0.3, 0.4) is 0 Å². The lowest BCUT2D eigenvalue weighted by Crippen LogP contribution is -2.14. The van der Waals surface area contributed by atoms with Gasteiger partial charge in [0.25, 0.3) is 0 Å². The maximum Gasteiger partial charge on any atom is 0.146 e. The van der Waals surface area contributed by atoms with Crippen molar-refractivity contribution in [1.82, 2.24) is 0 Å². The molecular weight excluding hydrogens is 184 g/mol. The summed E-state index contributed by atoms with van der Waals surface area (Å²) in [7, 11) is -2.26. The monoisotopic (exact) mass is 196 g/mol. The van der Waals surface area contributed by atoms with Gasteiger partial charge in [-0.1, -0.05) is 30.3 Å². The van der Waals surface area contributed by atoms with E-state index in [2.05, 4.69) is 0 Å². The van der Waals surface area contributed by atoms with Gasteiger partial charge in [0.2, 0.25) is 0 Å². The third kappa shape index (κ3) is 1.75. The molecule has 0 unspecified atom stereocenters. The maximum absolute atomic E-state index is 10.9. The zero-order valence-electron chi connectivity index (χ0n) is 7.27. The highest BCUT2D eigenvalue weighted by Gasteiger charge is 2.46. The summed E-state index contributed by atoms with van der Waals surface area (Å²) in [5.74, 6) is 0. The molecule has 0 atom stereocenters. The number of thiol groups is 1. The van der Waals surface area contributed by atoms with E-state index in [1.807, 2.05) is 30.3 Å².